The summed E-state index contributed by atoms with van der Waals surface area (Å²) in [6, 6.07) is 8.55. The third kappa shape index (κ3) is 3.13. The quantitative estimate of drug-likeness (QED) is 0.453. The minimum atomic E-state index is -1.12. The van der Waals surface area contributed by atoms with Gasteiger partial charge in [-0.3, -0.25) is 9.59 Å². The number of carbonyl (C=O) groups excluding carboxylic acids is 2. The van der Waals surface area contributed by atoms with Crippen molar-refractivity contribution in [3.05, 3.63) is 35.9 Å². The van der Waals surface area contributed by atoms with Gasteiger partial charge in [0, 0.05) is 5.56 Å². The van der Waals surface area contributed by atoms with Crippen LogP contribution in [-0.4, -0.2) is 16.4 Å². The highest BCUT2D eigenvalue weighted by Gasteiger charge is 2.16. The van der Waals surface area contributed by atoms with Crippen molar-refractivity contribution in [2.45, 2.75) is 11.3 Å². The van der Waals surface area contributed by atoms with Crippen molar-refractivity contribution in [3.63, 3.8) is 0 Å². The summed E-state index contributed by atoms with van der Waals surface area (Å²) in [5.74, 6) is -0.732. The highest BCUT2D eigenvalue weighted by molar-refractivity contribution is 6.54. The summed E-state index contributed by atoms with van der Waals surface area (Å²) in [4.78, 5) is 21.3. The fourth-order valence-electron chi connectivity index (χ4n) is 0.962. The summed E-state index contributed by atoms with van der Waals surface area (Å²) >= 11 is 10.6. The monoisotopic (exact) mass is 230 g/mol. The fourth-order valence-corrected chi connectivity index (χ4v) is 1.12. The van der Waals surface area contributed by atoms with Crippen LogP contribution in [0.3, 0.4) is 0 Å². The Labute approximate surface area is 91.8 Å². The molecule has 0 aliphatic rings. The predicted molar refractivity (Wildman–Crippen MR) is 55.9 cm³/mol. The Morgan fingerprint density at radius 1 is 1.14 bits per heavy atom. The smallest absolute Gasteiger partial charge is 0.173 e. The van der Waals surface area contributed by atoms with E-state index < -0.39 is 10.6 Å². The van der Waals surface area contributed by atoms with Crippen molar-refractivity contribution in [1.82, 2.24) is 0 Å². The zero-order valence-corrected chi connectivity index (χ0v) is 8.76. The van der Waals surface area contributed by atoms with E-state index in [1.54, 1.807) is 30.3 Å². The van der Waals surface area contributed by atoms with E-state index in [2.05, 4.69) is 0 Å². The molecule has 0 saturated heterocycles. The largest absolute Gasteiger partial charge is 0.296 e. The van der Waals surface area contributed by atoms with Crippen LogP contribution in [0.1, 0.15) is 16.8 Å². The van der Waals surface area contributed by atoms with Crippen LogP contribution >= 0.6 is 23.2 Å². The number of halogens is 2. The summed E-state index contributed by atoms with van der Waals surface area (Å²) in [5.41, 5.74) is 0.495. The standard InChI is InChI=1S/C10H8Cl2O2/c11-10(12)9(14)6-8(13)7-4-2-1-3-5-7/h1-5,10H,6H2. The summed E-state index contributed by atoms with van der Waals surface area (Å²) in [6.45, 7) is 0. The molecule has 0 aromatic heterocycles. The number of benzene rings is 1. The highest BCUT2D eigenvalue weighted by atomic mass is 35.5. The lowest BCUT2D eigenvalue weighted by Crippen LogP contribution is -2.13. The van der Waals surface area contributed by atoms with Crippen molar-refractivity contribution >= 4 is 34.8 Å². The molecule has 2 nitrogen and oxygen atoms in total. The summed E-state index contributed by atoms with van der Waals surface area (Å²) < 4.78 is 0. The summed E-state index contributed by atoms with van der Waals surface area (Å²) in [6.07, 6.45) is -0.248. The molecule has 4 heteroatoms. The maximum absolute atomic E-state index is 11.4. The lowest BCUT2D eigenvalue weighted by Gasteiger charge is -2.00. The van der Waals surface area contributed by atoms with Crippen molar-refractivity contribution in [3.8, 4) is 0 Å². The van der Waals surface area contributed by atoms with Crippen LogP contribution in [0.15, 0.2) is 30.3 Å². The molecule has 0 saturated carbocycles. The number of alkyl halides is 2. The Morgan fingerprint density at radius 3 is 2.21 bits per heavy atom. The van der Waals surface area contributed by atoms with E-state index in [4.69, 9.17) is 23.2 Å². The first-order chi connectivity index (χ1) is 6.61. The van der Waals surface area contributed by atoms with Gasteiger partial charge >= 0.3 is 0 Å². The highest BCUT2D eigenvalue weighted by Crippen LogP contribution is 2.09. The van der Waals surface area contributed by atoms with Crippen LogP contribution < -0.4 is 0 Å². The Bertz CT molecular complexity index is 333. The minimum Gasteiger partial charge on any atom is -0.296 e. The molecule has 0 fully saturated rings. The fraction of sp³-hybridized carbons (Fsp3) is 0.200. The number of carbonyl (C=O) groups is 2. The van der Waals surface area contributed by atoms with Gasteiger partial charge in [-0.15, -0.1) is 0 Å². The van der Waals surface area contributed by atoms with Gasteiger partial charge in [0.2, 0.25) is 0 Å². The molecule has 0 aliphatic carbocycles. The van der Waals surface area contributed by atoms with Crippen LogP contribution in [-0.2, 0) is 4.79 Å². The second-order valence-electron chi connectivity index (χ2n) is 2.73. The third-order valence-corrected chi connectivity index (χ3v) is 2.16. The first-order valence-electron chi connectivity index (χ1n) is 4.00. The number of ketones is 2. The van der Waals surface area contributed by atoms with E-state index in [0.29, 0.717) is 5.56 Å². The molecular formula is C10H8Cl2O2. The van der Waals surface area contributed by atoms with E-state index in [9.17, 15) is 9.59 Å². The molecule has 1 aromatic rings. The minimum absolute atomic E-state index is 0.248. The number of hydrogen-bond donors (Lipinski definition) is 0. The average molecular weight is 231 g/mol. The number of Topliss-reactive ketones (excluding diaryl/α,β-unsaturated/α-hetero) is 2. The molecule has 0 N–H and O–H groups in total. The zero-order valence-electron chi connectivity index (χ0n) is 7.24. The van der Waals surface area contributed by atoms with Gasteiger partial charge in [0.25, 0.3) is 0 Å². The van der Waals surface area contributed by atoms with Gasteiger partial charge in [-0.25, -0.2) is 0 Å². The van der Waals surface area contributed by atoms with Crippen molar-refractivity contribution in [2.75, 3.05) is 0 Å². The molecule has 0 spiro atoms. The molecule has 0 amide bonds. The summed E-state index contributed by atoms with van der Waals surface area (Å²) in [7, 11) is 0. The zero-order chi connectivity index (χ0) is 10.6. The molecule has 0 atom stereocenters. The second-order valence-corrected chi connectivity index (χ2v) is 3.83. The Balaban J connectivity index is 2.65. The molecule has 0 aliphatic heterocycles. The molecule has 14 heavy (non-hydrogen) atoms. The maximum Gasteiger partial charge on any atom is 0.173 e. The Kier molecular flexibility index (Phi) is 4.11. The average Bonchev–Trinajstić information content (AvgIpc) is 2.19. The van der Waals surface area contributed by atoms with E-state index in [1.165, 1.54) is 0 Å². The van der Waals surface area contributed by atoms with Crippen LogP contribution in [0.25, 0.3) is 0 Å². The SMILES string of the molecule is O=C(CC(=O)C(Cl)Cl)c1ccccc1. The topological polar surface area (TPSA) is 34.1 Å². The van der Waals surface area contributed by atoms with Gasteiger partial charge < -0.3 is 0 Å². The molecule has 1 aromatic carbocycles. The summed E-state index contributed by atoms with van der Waals surface area (Å²) in [5, 5.41) is 0. The first-order valence-corrected chi connectivity index (χ1v) is 4.87. The molecule has 1 rings (SSSR count). The Morgan fingerprint density at radius 2 is 1.71 bits per heavy atom. The lowest BCUT2D eigenvalue weighted by atomic mass is 10.1. The van der Waals surface area contributed by atoms with Crippen LogP contribution in [0.2, 0.25) is 0 Å². The van der Waals surface area contributed by atoms with E-state index in [0.717, 1.165) is 0 Å². The van der Waals surface area contributed by atoms with E-state index >= 15 is 0 Å². The first kappa shape index (κ1) is 11.2. The van der Waals surface area contributed by atoms with Gasteiger partial charge in [0.05, 0.1) is 6.42 Å². The van der Waals surface area contributed by atoms with Gasteiger partial charge in [0.1, 0.15) is 0 Å². The van der Waals surface area contributed by atoms with Gasteiger partial charge in [-0.05, 0) is 0 Å². The maximum atomic E-state index is 11.4. The van der Waals surface area contributed by atoms with Gasteiger partial charge in [-0.1, -0.05) is 53.5 Å². The second kappa shape index (κ2) is 5.13. The molecule has 0 radical (unpaired) electrons. The lowest BCUT2D eigenvalue weighted by molar-refractivity contribution is -0.116. The van der Waals surface area contributed by atoms with Crippen molar-refractivity contribution in [1.29, 1.82) is 0 Å². The van der Waals surface area contributed by atoms with Crippen LogP contribution in [0.4, 0.5) is 0 Å². The molecule has 0 bridgehead atoms. The molecule has 74 valence electrons. The predicted octanol–water partition coefficient (Wildman–Crippen LogP) is 2.63. The molecule has 0 heterocycles. The Hall–Kier alpha value is -0.860. The number of hydrogen-bond acceptors (Lipinski definition) is 2. The van der Waals surface area contributed by atoms with Crippen LogP contribution in [0.5, 0.6) is 0 Å². The number of rotatable bonds is 4. The van der Waals surface area contributed by atoms with Crippen LogP contribution in [0, 0.1) is 0 Å². The molecule has 0 unspecified atom stereocenters. The third-order valence-electron chi connectivity index (χ3n) is 1.67. The van der Waals surface area contributed by atoms with Crippen molar-refractivity contribution < 1.29 is 9.59 Å². The van der Waals surface area contributed by atoms with E-state index in [1.807, 2.05) is 0 Å². The van der Waals surface area contributed by atoms with Gasteiger partial charge in [-0.2, -0.15) is 0 Å². The van der Waals surface area contributed by atoms with Crippen molar-refractivity contribution in [2.24, 2.45) is 0 Å². The normalized spacial score (nSPS) is 10.2. The van der Waals surface area contributed by atoms with Gasteiger partial charge in [0.15, 0.2) is 16.4 Å². The van der Waals surface area contributed by atoms with E-state index in [-0.39, 0.29) is 12.2 Å². The molecular weight excluding hydrogens is 223 g/mol.